The van der Waals surface area contributed by atoms with Gasteiger partial charge in [0.1, 0.15) is 4.88 Å². The average Bonchev–Trinajstić information content (AvgIpc) is 2.75. The minimum Gasteiger partial charge on any atom is -0.477 e. The molecule has 1 N–H and O–H groups in total. The number of benzene rings is 1. The van der Waals surface area contributed by atoms with Crippen molar-refractivity contribution in [3.63, 3.8) is 0 Å². The number of carboxylic acid groups (broad SMARTS) is 1. The van der Waals surface area contributed by atoms with Gasteiger partial charge in [-0.05, 0) is 24.1 Å². The van der Waals surface area contributed by atoms with E-state index in [0.29, 0.717) is 23.4 Å². The van der Waals surface area contributed by atoms with Gasteiger partial charge in [-0.1, -0.05) is 35.0 Å². The SMILES string of the molecule is CCc1nc(Cc2ccc(Br)cc2)sc1C(=O)O. The molecule has 94 valence electrons. The van der Waals surface area contributed by atoms with Crippen molar-refractivity contribution in [3.8, 4) is 0 Å². The van der Waals surface area contributed by atoms with E-state index in [2.05, 4.69) is 20.9 Å². The van der Waals surface area contributed by atoms with Gasteiger partial charge < -0.3 is 5.11 Å². The largest absolute Gasteiger partial charge is 0.477 e. The Bertz CT molecular complexity index is 563. The van der Waals surface area contributed by atoms with Gasteiger partial charge in [0, 0.05) is 10.9 Å². The number of hydrogen-bond acceptors (Lipinski definition) is 3. The summed E-state index contributed by atoms with van der Waals surface area (Å²) in [6.45, 7) is 1.92. The zero-order valence-corrected chi connectivity index (χ0v) is 12.2. The van der Waals surface area contributed by atoms with Crippen LogP contribution in [0.4, 0.5) is 0 Å². The molecular formula is C13H12BrNO2S. The number of aromatic carboxylic acids is 1. The highest BCUT2D eigenvalue weighted by Crippen LogP contribution is 2.22. The van der Waals surface area contributed by atoms with Crippen LogP contribution in [-0.4, -0.2) is 16.1 Å². The molecule has 0 aliphatic heterocycles. The first-order chi connectivity index (χ1) is 8.60. The summed E-state index contributed by atoms with van der Waals surface area (Å²) in [7, 11) is 0. The van der Waals surface area contributed by atoms with Crippen LogP contribution in [0.3, 0.4) is 0 Å². The molecule has 1 heterocycles. The van der Waals surface area contributed by atoms with Gasteiger partial charge in [0.25, 0.3) is 0 Å². The zero-order valence-electron chi connectivity index (χ0n) is 9.81. The summed E-state index contributed by atoms with van der Waals surface area (Å²) < 4.78 is 1.03. The van der Waals surface area contributed by atoms with Crippen LogP contribution in [0.1, 0.15) is 32.9 Å². The normalized spacial score (nSPS) is 10.6. The Morgan fingerprint density at radius 2 is 2.06 bits per heavy atom. The summed E-state index contributed by atoms with van der Waals surface area (Å²) in [6.07, 6.45) is 1.33. The van der Waals surface area contributed by atoms with E-state index >= 15 is 0 Å². The molecule has 0 amide bonds. The molecule has 0 aliphatic rings. The van der Waals surface area contributed by atoms with E-state index in [9.17, 15) is 4.79 Å². The fourth-order valence-corrected chi connectivity index (χ4v) is 2.95. The summed E-state index contributed by atoms with van der Waals surface area (Å²) in [6, 6.07) is 7.97. The number of aromatic nitrogens is 1. The molecule has 1 aromatic carbocycles. The lowest BCUT2D eigenvalue weighted by Gasteiger charge is -1.97. The summed E-state index contributed by atoms with van der Waals surface area (Å²) in [5.41, 5.74) is 1.81. The van der Waals surface area contributed by atoms with Crippen LogP contribution < -0.4 is 0 Å². The molecule has 0 spiro atoms. The third kappa shape index (κ3) is 2.97. The third-order valence-electron chi connectivity index (χ3n) is 2.54. The van der Waals surface area contributed by atoms with E-state index in [1.807, 2.05) is 31.2 Å². The van der Waals surface area contributed by atoms with Gasteiger partial charge in [-0.15, -0.1) is 11.3 Å². The lowest BCUT2D eigenvalue weighted by molar-refractivity contribution is 0.0701. The molecule has 2 aromatic rings. The first-order valence-corrected chi connectivity index (χ1v) is 7.17. The predicted octanol–water partition coefficient (Wildman–Crippen LogP) is 3.76. The first-order valence-electron chi connectivity index (χ1n) is 5.56. The standard InChI is InChI=1S/C13H12BrNO2S/c1-2-10-12(13(16)17)18-11(15-10)7-8-3-5-9(14)6-4-8/h3-6H,2,7H2,1H3,(H,16,17). The second kappa shape index (κ2) is 5.63. The Morgan fingerprint density at radius 1 is 1.39 bits per heavy atom. The van der Waals surface area contributed by atoms with Gasteiger partial charge in [-0.2, -0.15) is 0 Å². The summed E-state index contributed by atoms with van der Waals surface area (Å²) >= 11 is 4.65. The van der Waals surface area contributed by atoms with E-state index in [-0.39, 0.29) is 0 Å². The molecule has 2 rings (SSSR count). The molecule has 0 fully saturated rings. The molecule has 3 nitrogen and oxygen atoms in total. The van der Waals surface area contributed by atoms with E-state index in [1.54, 1.807) is 0 Å². The second-order valence-corrected chi connectivity index (χ2v) is 5.84. The Morgan fingerprint density at radius 3 is 2.56 bits per heavy atom. The maximum atomic E-state index is 11.1. The van der Waals surface area contributed by atoms with Crippen LogP contribution in [0.5, 0.6) is 0 Å². The fourth-order valence-electron chi connectivity index (χ4n) is 1.66. The lowest BCUT2D eigenvalue weighted by atomic mass is 10.2. The first kappa shape index (κ1) is 13.2. The minimum atomic E-state index is -0.883. The van der Waals surface area contributed by atoms with Gasteiger partial charge in [0.15, 0.2) is 0 Å². The molecule has 1 aromatic heterocycles. The van der Waals surface area contributed by atoms with Crippen LogP contribution in [0.2, 0.25) is 0 Å². The van der Waals surface area contributed by atoms with Crippen molar-refractivity contribution in [1.29, 1.82) is 0 Å². The lowest BCUT2D eigenvalue weighted by Crippen LogP contribution is -1.97. The molecule has 5 heteroatoms. The van der Waals surface area contributed by atoms with Crippen LogP contribution in [-0.2, 0) is 12.8 Å². The number of nitrogens with zero attached hydrogens (tertiary/aromatic N) is 1. The van der Waals surface area contributed by atoms with Crippen molar-refractivity contribution in [1.82, 2.24) is 4.98 Å². The number of thiazole rings is 1. The van der Waals surface area contributed by atoms with Crippen molar-refractivity contribution in [3.05, 3.63) is 49.9 Å². The van der Waals surface area contributed by atoms with Gasteiger partial charge >= 0.3 is 5.97 Å². The van der Waals surface area contributed by atoms with E-state index in [0.717, 1.165) is 15.0 Å². The zero-order chi connectivity index (χ0) is 13.1. The van der Waals surface area contributed by atoms with Gasteiger partial charge in [0.2, 0.25) is 0 Å². The summed E-state index contributed by atoms with van der Waals surface area (Å²) in [5, 5.41) is 9.93. The Hall–Kier alpha value is -1.20. The van der Waals surface area contributed by atoms with E-state index in [1.165, 1.54) is 11.3 Å². The van der Waals surface area contributed by atoms with E-state index in [4.69, 9.17) is 5.11 Å². The summed E-state index contributed by atoms with van der Waals surface area (Å²) in [5.74, 6) is -0.883. The minimum absolute atomic E-state index is 0.365. The number of carbonyl (C=O) groups is 1. The van der Waals surface area contributed by atoms with Gasteiger partial charge in [-0.3, -0.25) is 0 Å². The number of rotatable bonds is 4. The molecule has 0 bridgehead atoms. The molecule has 0 radical (unpaired) electrons. The molecule has 0 atom stereocenters. The topological polar surface area (TPSA) is 50.2 Å². The Balaban J connectivity index is 2.24. The van der Waals surface area contributed by atoms with Crippen LogP contribution in [0.25, 0.3) is 0 Å². The highest BCUT2D eigenvalue weighted by molar-refractivity contribution is 9.10. The third-order valence-corrected chi connectivity index (χ3v) is 4.15. The Kier molecular flexibility index (Phi) is 4.14. The molecule has 18 heavy (non-hydrogen) atoms. The van der Waals surface area contributed by atoms with Crippen molar-refractivity contribution in [2.75, 3.05) is 0 Å². The number of carboxylic acids is 1. The van der Waals surface area contributed by atoms with Crippen LogP contribution in [0.15, 0.2) is 28.7 Å². The van der Waals surface area contributed by atoms with Gasteiger partial charge in [-0.25, -0.2) is 9.78 Å². The maximum Gasteiger partial charge on any atom is 0.347 e. The number of hydrogen-bond donors (Lipinski definition) is 1. The number of halogens is 1. The smallest absolute Gasteiger partial charge is 0.347 e. The van der Waals surface area contributed by atoms with Crippen LogP contribution >= 0.6 is 27.3 Å². The quantitative estimate of drug-likeness (QED) is 0.931. The van der Waals surface area contributed by atoms with Crippen molar-refractivity contribution < 1.29 is 9.90 Å². The molecular weight excluding hydrogens is 314 g/mol. The monoisotopic (exact) mass is 325 g/mol. The van der Waals surface area contributed by atoms with Crippen LogP contribution in [0, 0.1) is 0 Å². The molecule has 0 aliphatic carbocycles. The van der Waals surface area contributed by atoms with Crippen molar-refractivity contribution in [2.45, 2.75) is 19.8 Å². The summed E-state index contributed by atoms with van der Waals surface area (Å²) in [4.78, 5) is 15.8. The Labute approximate surface area is 118 Å². The molecule has 0 saturated heterocycles. The van der Waals surface area contributed by atoms with Crippen molar-refractivity contribution in [2.24, 2.45) is 0 Å². The molecule has 0 saturated carbocycles. The molecule has 0 unspecified atom stereocenters. The van der Waals surface area contributed by atoms with Crippen molar-refractivity contribution >= 4 is 33.2 Å². The predicted molar refractivity (Wildman–Crippen MR) is 75.4 cm³/mol. The van der Waals surface area contributed by atoms with E-state index < -0.39 is 5.97 Å². The highest BCUT2D eigenvalue weighted by Gasteiger charge is 2.15. The maximum absolute atomic E-state index is 11.1. The average molecular weight is 326 g/mol. The van der Waals surface area contributed by atoms with Gasteiger partial charge in [0.05, 0.1) is 10.7 Å². The number of aryl methyl sites for hydroxylation is 1. The second-order valence-electron chi connectivity index (χ2n) is 3.85. The highest BCUT2D eigenvalue weighted by atomic mass is 79.9. The fraction of sp³-hybridized carbons (Fsp3) is 0.231.